The fourth-order valence-electron chi connectivity index (χ4n) is 1.58. The van der Waals surface area contributed by atoms with Gasteiger partial charge in [0.1, 0.15) is 0 Å². The minimum atomic E-state index is -3.71. The highest BCUT2D eigenvalue weighted by Crippen LogP contribution is 2.13. The number of sulfonamides is 1. The molecular formula is C13H19NO4S. The Morgan fingerprint density at radius 3 is 2.58 bits per heavy atom. The second-order valence-electron chi connectivity index (χ2n) is 4.21. The first kappa shape index (κ1) is 15.8. The van der Waals surface area contributed by atoms with Gasteiger partial charge in [-0.25, -0.2) is 13.1 Å². The van der Waals surface area contributed by atoms with Crippen molar-refractivity contribution >= 4 is 15.8 Å². The van der Waals surface area contributed by atoms with E-state index < -0.39 is 16.1 Å². The van der Waals surface area contributed by atoms with Crippen molar-refractivity contribution in [1.29, 1.82) is 0 Å². The maximum Gasteiger partial charge on any atom is 0.240 e. The summed E-state index contributed by atoms with van der Waals surface area (Å²) in [5.74, 6) is -0.105. The van der Waals surface area contributed by atoms with Gasteiger partial charge >= 0.3 is 0 Å². The monoisotopic (exact) mass is 285 g/mol. The molecule has 1 atom stereocenters. The quantitative estimate of drug-likeness (QED) is 0.740. The van der Waals surface area contributed by atoms with E-state index in [1.807, 2.05) is 0 Å². The number of aliphatic hydroxyl groups excluding tert-OH is 1. The molecule has 6 heteroatoms. The molecule has 0 spiro atoms. The SMILES string of the molecule is CCC(=O)c1cccc(S(=O)(=O)NC(CC)CO)c1. The van der Waals surface area contributed by atoms with Crippen molar-refractivity contribution in [2.45, 2.75) is 37.6 Å². The third-order valence-corrected chi connectivity index (χ3v) is 4.34. The number of hydrogen-bond donors (Lipinski definition) is 2. The molecule has 1 aromatic rings. The molecule has 19 heavy (non-hydrogen) atoms. The van der Waals surface area contributed by atoms with Crippen molar-refractivity contribution < 1.29 is 18.3 Å². The Bertz CT molecular complexity index is 535. The highest BCUT2D eigenvalue weighted by molar-refractivity contribution is 7.89. The second-order valence-corrected chi connectivity index (χ2v) is 5.93. The Kier molecular flexibility index (Phi) is 5.65. The van der Waals surface area contributed by atoms with Crippen LogP contribution in [0, 0.1) is 0 Å². The average Bonchev–Trinajstić information content (AvgIpc) is 2.44. The molecule has 2 N–H and O–H groups in total. The molecular weight excluding hydrogens is 266 g/mol. The predicted molar refractivity (Wildman–Crippen MR) is 72.5 cm³/mol. The van der Waals surface area contributed by atoms with Crippen molar-refractivity contribution in [3.05, 3.63) is 29.8 Å². The van der Waals surface area contributed by atoms with Crippen molar-refractivity contribution in [3.8, 4) is 0 Å². The number of Topliss-reactive ketones (excluding diaryl/α,β-unsaturated/α-hetero) is 1. The standard InChI is InChI=1S/C13H19NO4S/c1-3-11(9-15)14-19(17,18)12-7-5-6-10(8-12)13(16)4-2/h5-8,11,14-15H,3-4,9H2,1-2H3. The van der Waals surface area contributed by atoms with Gasteiger partial charge in [0.2, 0.25) is 10.0 Å². The molecule has 1 unspecified atom stereocenters. The molecule has 0 saturated heterocycles. The van der Waals surface area contributed by atoms with Gasteiger partial charge in [-0.1, -0.05) is 26.0 Å². The Hall–Kier alpha value is -1.24. The lowest BCUT2D eigenvalue weighted by Gasteiger charge is -2.14. The van der Waals surface area contributed by atoms with Gasteiger partial charge in [-0.15, -0.1) is 0 Å². The van der Waals surface area contributed by atoms with E-state index in [1.54, 1.807) is 19.9 Å². The Balaban J connectivity index is 3.05. The minimum Gasteiger partial charge on any atom is -0.395 e. The highest BCUT2D eigenvalue weighted by atomic mass is 32.2. The van der Waals surface area contributed by atoms with Gasteiger partial charge in [0, 0.05) is 18.0 Å². The second kappa shape index (κ2) is 6.79. The van der Waals surface area contributed by atoms with Crippen LogP contribution >= 0.6 is 0 Å². The number of hydrogen-bond acceptors (Lipinski definition) is 4. The van der Waals surface area contributed by atoms with Crippen LogP contribution < -0.4 is 4.72 Å². The average molecular weight is 285 g/mol. The van der Waals surface area contributed by atoms with E-state index in [-0.39, 0.29) is 17.3 Å². The molecule has 1 rings (SSSR count). The number of carbonyl (C=O) groups excluding carboxylic acids is 1. The molecule has 0 fully saturated rings. The minimum absolute atomic E-state index is 0.0405. The van der Waals surface area contributed by atoms with Gasteiger partial charge < -0.3 is 5.11 Å². The van der Waals surface area contributed by atoms with Gasteiger partial charge in [0.25, 0.3) is 0 Å². The molecule has 0 aliphatic carbocycles. The number of benzene rings is 1. The molecule has 0 aliphatic rings. The third-order valence-electron chi connectivity index (χ3n) is 2.82. The van der Waals surface area contributed by atoms with Crippen LogP contribution in [0.15, 0.2) is 29.2 Å². The van der Waals surface area contributed by atoms with Crippen molar-refractivity contribution in [3.63, 3.8) is 0 Å². The first-order valence-corrected chi connectivity index (χ1v) is 7.69. The largest absolute Gasteiger partial charge is 0.395 e. The van der Waals surface area contributed by atoms with E-state index in [2.05, 4.69) is 4.72 Å². The topological polar surface area (TPSA) is 83.5 Å². The van der Waals surface area contributed by atoms with Gasteiger partial charge in [-0.2, -0.15) is 0 Å². The zero-order chi connectivity index (χ0) is 14.5. The first-order valence-electron chi connectivity index (χ1n) is 6.21. The van der Waals surface area contributed by atoms with Crippen LogP contribution in [0.4, 0.5) is 0 Å². The first-order chi connectivity index (χ1) is 8.94. The summed E-state index contributed by atoms with van der Waals surface area (Å²) in [4.78, 5) is 11.6. The van der Waals surface area contributed by atoms with E-state index >= 15 is 0 Å². The summed E-state index contributed by atoms with van der Waals surface area (Å²) in [6, 6.07) is 5.40. The number of carbonyl (C=O) groups is 1. The molecule has 0 aromatic heterocycles. The lowest BCUT2D eigenvalue weighted by atomic mass is 10.1. The van der Waals surface area contributed by atoms with Crippen LogP contribution in [0.25, 0.3) is 0 Å². The Labute approximate surface area is 113 Å². The van der Waals surface area contributed by atoms with Crippen LogP contribution in [-0.2, 0) is 10.0 Å². The number of rotatable bonds is 7. The Morgan fingerprint density at radius 1 is 1.37 bits per heavy atom. The van der Waals surface area contributed by atoms with Gasteiger partial charge in [0.05, 0.1) is 11.5 Å². The van der Waals surface area contributed by atoms with E-state index in [9.17, 15) is 13.2 Å². The van der Waals surface area contributed by atoms with Crippen LogP contribution in [0.5, 0.6) is 0 Å². The van der Waals surface area contributed by atoms with E-state index in [0.29, 0.717) is 18.4 Å². The fraction of sp³-hybridized carbons (Fsp3) is 0.462. The molecule has 0 radical (unpaired) electrons. The molecule has 1 aromatic carbocycles. The molecule has 0 aliphatic heterocycles. The molecule has 5 nitrogen and oxygen atoms in total. The molecule has 0 amide bonds. The predicted octanol–water partition coefficient (Wildman–Crippen LogP) is 1.33. The zero-order valence-electron chi connectivity index (χ0n) is 11.1. The summed E-state index contributed by atoms with van der Waals surface area (Å²) in [6.45, 7) is 3.24. The van der Waals surface area contributed by atoms with Crippen molar-refractivity contribution in [1.82, 2.24) is 4.72 Å². The summed E-state index contributed by atoms with van der Waals surface area (Å²) >= 11 is 0. The summed E-state index contributed by atoms with van der Waals surface area (Å²) in [5.41, 5.74) is 0.377. The van der Waals surface area contributed by atoms with E-state index in [1.165, 1.54) is 18.2 Å². The maximum atomic E-state index is 12.1. The van der Waals surface area contributed by atoms with Gasteiger partial charge in [-0.05, 0) is 18.6 Å². The normalized spacial score (nSPS) is 13.2. The lowest BCUT2D eigenvalue weighted by Crippen LogP contribution is -2.36. The number of ketones is 1. The Morgan fingerprint density at radius 2 is 2.05 bits per heavy atom. The third kappa shape index (κ3) is 4.12. The molecule has 106 valence electrons. The van der Waals surface area contributed by atoms with Crippen LogP contribution in [0.1, 0.15) is 37.0 Å². The lowest BCUT2D eigenvalue weighted by molar-refractivity contribution is 0.0988. The van der Waals surface area contributed by atoms with Gasteiger partial charge in [0.15, 0.2) is 5.78 Å². The van der Waals surface area contributed by atoms with E-state index in [4.69, 9.17) is 5.11 Å². The van der Waals surface area contributed by atoms with E-state index in [0.717, 1.165) is 0 Å². The zero-order valence-corrected chi connectivity index (χ0v) is 11.9. The number of nitrogens with one attached hydrogen (secondary N) is 1. The summed E-state index contributed by atoms with van der Waals surface area (Å²) in [5, 5.41) is 9.04. The maximum absolute atomic E-state index is 12.1. The summed E-state index contributed by atoms with van der Waals surface area (Å²) in [7, 11) is -3.71. The smallest absolute Gasteiger partial charge is 0.240 e. The van der Waals surface area contributed by atoms with Crippen molar-refractivity contribution in [2.24, 2.45) is 0 Å². The van der Waals surface area contributed by atoms with Crippen molar-refractivity contribution in [2.75, 3.05) is 6.61 Å². The summed E-state index contributed by atoms with van der Waals surface area (Å²) in [6.07, 6.45) is 0.814. The molecule has 0 bridgehead atoms. The molecule has 0 heterocycles. The van der Waals surface area contributed by atoms with Crippen LogP contribution in [0.2, 0.25) is 0 Å². The summed E-state index contributed by atoms with van der Waals surface area (Å²) < 4.78 is 26.6. The number of aliphatic hydroxyl groups is 1. The van der Waals surface area contributed by atoms with Crippen LogP contribution in [-0.4, -0.2) is 32.0 Å². The highest BCUT2D eigenvalue weighted by Gasteiger charge is 2.19. The molecule has 0 saturated carbocycles. The van der Waals surface area contributed by atoms with Crippen LogP contribution in [0.3, 0.4) is 0 Å². The van der Waals surface area contributed by atoms with Gasteiger partial charge in [-0.3, -0.25) is 4.79 Å². The fourth-order valence-corrected chi connectivity index (χ4v) is 2.93.